The van der Waals surface area contributed by atoms with Crippen molar-refractivity contribution in [2.45, 2.75) is 18.8 Å². The van der Waals surface area contributed by atoms with E-state index in [9.17, 15) is 18.4 Å². The second-order valence-electron chi connectivity index (χ2n) is 3.01. The first-order valence-electron chi connectivity index (χ1n) is 3.93. The van der Waals surface area contributed by atoms with Crippen LogP contribution in [0.1, 0.15) is 12.8 Å². The van der Waals surface area contributed by atoms with Crippen molar-refractivity contribution in [3.63, 3.8) is 0 Å². The Hall–Kier alpha value is -0.840. The average molecular weight is 191 g/mol. The van der Waals surface area contributed by atoms with Gasteiger partial charge in [0.25, 0.3) is 6.29 Å². The number of Topliss-reactive ketones (excluding diaryl/α,β-unsaturated/α-hetero) is 1. The molecule has 1 aliphatic rings. The van der Waals surface area contributed by atoms with Gasteiger partial charge >= 0.3 is 5.92 Å². The van der Waals surface area contributed by atoms with E-state index >= 15 is 0 Å². The molecule has 1 unspecified atom stereocenters. The van der Waals surface area contributed by atoms with E-state index in [-0.39, 0.29) is 6.61 Å². The highest BCUT2D eigenvalue weighted by Crippen LogP contribution is 2.22. The van der Waals surface area contributed by atoms with Crippen LogP contribution < -0.4 is 0 Å². The van der Waals surface area contributed by atoms with Crippen molar-refractivity contribution in [2.75, 3.05) is 13.2 Å². The standard InChI is InChI=1S/C8H9F2O3/c9-8(10,5-11)3-7(12)6-1-2-13-4-6/h6H,1-4H2. The first-order chi connectivity index (χ1) is 6.05. The van der Waals surface area contributed by atoms with Gasteiger partial charge in [0.05, 0.1) is 13.0 Å². The Morgan fingerprint density at radius 2 is 2.31 bits per heavy atom. The van der Waals surface area contributed by atoms with Crippen molar-refractivity contribution in [1.29, 1.82) is 0 Å². The molecule has 0 spiro atoms. The average Bonchev–Trinajstić information content (AvgIpc) is 2.55. The first-order valence-corrected chi connectivity index (χ1v) is 3.93. The second-order valence-corrected chi connectivity index (χ2v) is 3.01. The molecule has 0 bridgehead atoms. The number of carbonyl (C=O) groups is 1. The zero-order valence-electron chi connectivity index (χ0n) is 6.89. The van der Waals surface area contributed by atoms with E-state index in [4.69, 9.17) is 4.74 Å². The molecule has 1 heterocycles. The van der Waals surface area contributed by atoms with Crippen LogP contribution in [0.25, 0.3) is 0 Å². The van der Waals surface area contributed by atoms with Gasteiger partial charge in [-0.3, -0.25) is 9.59 Å². The van der Waals surface area contributed by atoms with E-state index in [1.54, 1.807) is 0 Å². The van der Waals surface area contributed by atoms with Crippen molar-refractivity contribution < 1.29 is 23.1 Å². The fraction of sp³-hybridized carbons (Fsp3) is 0.750. The summed E-state index contributed by atoms with van der Waals surface area (Å²) in [6, 6.07) is 0. The summed E-state index contributed by atoms with van der Waals surface area (Å²) in [5, 5.41) is 0. The zero-order valence-corrected chi connectivity index (χ0v) is 6.89. The van der Waals surface area contributed by atoms with E-state index in [2.05, 4.69) is 0 Å². The maximum Gasteiger partial charge on any atom is 0.319 e. The number of hydrogen-bond acceptors (Lipinski definition) is 3. The Balaban J connectivity index is 2.44. The van der Waals surface area contributed by atoms with Crippen molar-refractivity contribution in [3.05, 3.63) is 0 Å². The van der Waals surface area contributed by atoms with Gasteiger partial charge in [-0.2, -0.15) is 8.78 Å². The fourth-order valence-corrected chi connectivity index (χ4v) is 1.19. The molecule has 0 saturated carbocycles. The number of ketones is 1. The van der Waals surface area contributed by atoms with Gasteiger partial charge in [0, 0.05) is 12.5 Å². The summed E-state index contributed by atoms with van der Waals surface area (Å²) in [5.41, 5.74) is 0. The van der Waals surface area contributed by atoms with E-state index in [1.807, 2.05) is 0 Å². The number of halogens is 2. The molecule has 0 aromatic rings. The number of rotatable bonds is 4. The van der Waals surface area contributed by atoms with E-state index in [0.717, 1.165) is 0 Å². The van der Waals surface area contributed by atoms with Gasteiger partial charge in [0.15, 0.2) is 0 Å². The lowest BCUT2D eigenvalue weighted by atomic mass is 9.99. The monoisotopic (exact) mass is 191 g/mol. The lowest BCUT2D eigenvalue weighted by Crippen LogP contribution is -2.27. The molecular formula is C8H9F2O3. The SMILES string of the molecule is O=[C]C(F)(F)CC(=O)C1CCOC1. The highest BCUT2D eigenvalue weighted by atomic mass is 19.3. The smallest absolute Gasteiger partial charge is 0.319 e. The number of hydrogen-bond donors (Lipinski definition) is 0. The molecule has 1 fully saturated rings. The molecule has 0 aliphatic carbocycles. The number of carbonyl (C=O) groups excluding carboxylic acids is 2. The summed E-state index contributed by atoms with van der Waals surface area (Å²) in [5.74, 6) is -4.73. The lowest BCUT2D eigenvalue weighted by molar-refractivity contribution is -0.127. The maximum atomic E-state index is 12.4. The van der Waals surface area contributed by atoms with Gasteiger partial charge in [0.1, 0.15) is 5.78 Å². The van der Waals surface area contributed by atoms with E-state index in [1.165, 1.54) is 0 Å². The fourth-order valence-electron chi connectivity index (χ4n) is 1.19. The minimum absolute atomic E-state index is 0.188. The Morgan fingerprint density at radius 3 is 2.77 bits per heavy atom. The minimum Gasteiger partial charge on any atom is -0.381 e. The highest BCUT2D eigenvalue weighted by Gasteiger charge is 2.36. The third-order valence-corrected chi connectivity index (χ3v) is 1.93. The van der Waals surface area contributed by atoms with Gasteiger partial charge in [0.2, 0.25) is 0 Å². The van der Waals surface area contributed by atoms with E-state index < -0.39 is 24.0 Å². The quantitative estimate of drug-likeness (QED) is 0.657. The van der Waals surface area contributed by atoms with Crippen LogP contribution in [0, 0.1) is 5.92 Å². The van der Waals surface area contributed by atoms with Crippen molar-refractivity contribution in [2.24, 2.45) is 5.92 Å². The van der Waals surface area contributed by atoms with E-state index in [0.29, 0.717) is 19.3 Å². The number of alkyl halides is 2. The molecule has 0 amide bonds. The molecular weight excluding hydrogens is 182 g/mol. The molecule has 3 nitrogen and oxygen atoms in total. The van der Waals surface area contributed by atoms with Gasteiger partial charge in [-0.1, -0.05) is 0 Å². The molecule has 5 heteroatoms. The van der Waals surface area contributed by atoms with Crippen molar-refractivity contribution >= 4 is 12.1 Å². The molecule has 73 valence electrons. The lowest BCUT2D eigenvalue weighted by Gasteiger charge is -2.09. The summed E-state index contributed by atoms with van der Waals surface area (Å²) >= 11 is 0. The second kappa shape index (κ2) is 3.91. The molecule has 0 N–H and O–H groups in total. The maximum absolute atomic E-state index is 12.4. The molecule has 1 rings (SSSR count). The molecule has 1 saturated heterocycles. The number of ether oxygens (including phenoxy) is 1. The third-order valence-electron chi connectivity index (χ3n) is 1.93. The summed E-state index contributed by atoms with van der Waals surface area (Å²) in [4.78, 5) is 20.8. The van der Waals surface area contributed by atoms with Crippen molar-refractivity contribution in [1.82, 2.24) is 0 Å². The Kier molecular flexibility index (Phi) is 3.08. The van der Waals surface area contributed by atoms with Crippen LogP contribution in [0.5, 0.6) is 0 Å². The van der Waals surface area contributed by atoms with Crippen LogP contribution in [0.2, 0.25) is 0 Å². The third kappa shape index (κ3) is 2.84. The van der Waals surface area contributed by atoms with Gasteiger partial charge in [-0.15, -0.1) is 0 Å². The predicted molar refractivity (Wildman–Crippen MR) is 39.2 cm³/mol. The van der Waals surface area contributed by atoms with Crippen LogP contribution in [-0.2, 0) is 14.3 Å². The largest absolute Gasteiger partial charge is 0.381 e. The van der Waals surface area contributed by atoms with Gasteiger partial charge < -0.3 is 4.74 Å². The van der Waals surface area contributed by atoms with Gasteiger partial charge in [-0.25, -0.2) is 0 Å². The summed E-state index contributed by atoms with van der Waals surface area (Å²) in [7, 11) is 0. The molecule has 1 radical (unpaired) electrons. The highest BCUT2D eigenvalue weighted by molar-refractivity contribution is 5.85. The Morgan fingerprint density at radius 1 is 1.62 bits per heavy atom. The van der Waals surface area contributed by atoms with Crippen molar-refractivity contribution in [3.8, 4) is 0 Å². The van der Waals surface area contributed by atoms with Gasteiger partial charge in [-0.05, 0) is 6.42 Å². The zero-order chi connectivity index (χ0) is 9.90. The molecule has 1 atom stereocenters. The van der Waals surface area contributed by atoms with Crippen LogP contribution in [0.4, 0.5) is 8.78 Å². The molecule has 1 aliphatic heterocycles. The molecule has 0 aromatic heterocycles. The van der Waals surface area contributed by atoms with Crippen LogP contribution >= 0.6 is 0 Å². The first kappa shape index (κ1) is 10.2. The van der Waals surface area contributed by atoms with Crippen LogP contribution in [-0.4, -0.2) is 31.2 Å². The molecule has 0 aromatic carbocycles. The summed E-state index contributed by atoms with van der Waals surface area (Å²) in [6.07, 6.45) is -0.0343. The Labute approximate surface area is 74.1 Å². The topological polar surface area (TPSA) is 43.4 Å². The predicted octanol–water partition coefficient (Wildman–Crippen LogP) is 0.727. The normalized spacial score (nSPS) is 23.1. The summed E-state index contributed by atoms with van der Waals surface area (Å²) in [6.45, 7) is 0.612. The van der Waals surface area contributed by atoms with Crippen LogP contribution in [0.3, 0.4) is 0 Å². The minimum atomic E-state index is -3.64. The summed E-state index contributed by atoms with van der Waals surface area (Å²) < 4.78 is 29.6. The Bertz CT molecular complexity index is 209. The molecule has 13 heavy (non-hydrogen) atoms. The van der Waals surface area contributed by atoms with Crippen LogP contribution in [0.15, 0.2) is 0 Å².